The van der Waals surface area contributed by atoms with E-state index in [0.717, 1.165) is 6.07 Å². The van der Waals surface area contributed by atoms with Crippen molar-refractivity contribution < 1.29 is 14.1 Å². The maximum Gasteiger partial charge on any atom is 0.364 e. The van der Waals surface area contributed by atoms with Gasteiger partial charge in [0.2, 0.25) is 0 Å². The summed E-state index contributed by atoms with van der Waals surface area (Å²) in [6.07, 6.45) is 1.21. The predicted molar refractivity (Wildman–Crippen MR) is 63.4 cm³/mol. The zero-order valence-corrected chi connectivity index (χ0v) is 9.77. The molecule has 0 spiro atoms. The van der Waals surface area contributed by atoms with E-state index in [1.807, 2.05) is 6.92 Å². The minimum absolute atomic E-state index is 0.0759. The predicted octanol–water partition coefficient (Wildman–Crippen LogP) is 1.12. The molecule has 0 atom stereocenters. The smallest absolute Gasteiger partial charge is 0.364 e. The van der Waals surface area contributed by atoms with E-state index in [-0.39, 0.29) is 12.1 Å². The Bertz CT molecular complexity index is 453. The highest BCUT2D eigenvalue weighted by molar-refractivity contribution is 5.99. The summed E-state index contributed by atoms with van der Waals surface area (Å²) in [5.74, 6) is -1.00. The lowest BCUT2D eigenvalue weighted by atomic mass is 10.2. The number of rotatable bonds is 6. The Balaban J connectivity index is 3.06. The van der Waals surface area contributed by atoms with Gasteiger partial charge in [-0.3, -0.25) is 4.79 Å². The molecule has 0 aliphatic carbocycles. The van der Waals surface area contributed by atoms with Gasteiger partial charge in [0.05, 0.1) is 17.3 Å². The van der Waals surface area contributed by atoms with Crippen molar-refractivity contribution in [1.29, 1.82) is 0 Å². The molecule has 18 heavy (non-hydrogen) atoms. The molecule has 0 radical (unpaired) electrons. The van der Waals surface area contributed by atoms with Crippen molar-refractivity contribution in [3.63, 3.8) is 0 Å². The van der Waals surface area contributed by atoms with Crippen molar-refractivity contribution in [3.05, 3.63) is 27.9 Å². The average molecular weight is 256 g/mol. The fraction of sp³-hybridized carbons (Fsp3) is 0.400. The van der Waals surface area contributed by atoms with Gasteiger partial charge in [0.15, 0.2) is 6.20 Å². The summed E-state index contributed by atoms with van der Waals surface area (Å²) in [6.45, 7) is 1.50. The van der Waals surface area contributed by atoms with Gasteiger partial charge in [-0.25, -0.2) is 4.39 Å². The Labute approximate surface area is 103 Å². The van der Waals surface area contributed by atoms with Gasteiger partial charge in [0.1, 0.15) is 6.67 Å². The van der Waals surface area contributed by atoms with Gasteiger partial charge in [0.25, 0.3) is 5.91 Å². The molecule has 2 N–H and O–H groups in total. The Morgan fingerprint density at radius 3 is 2.89 bits per heavy atom. The van der Waals surface area contributed by atoms with Gasteiger partial charge in [-0.15, -0.1) is 0 Å². The number of nitro groups is 1. The number of aromatic nitrogens is 1. The molecule has 1 aromatic heterocycles. The van der Waals surface area contributed by atoms with E-state index in [2.05, 4.69) is 15.6 Å². The lowest BCUT2D eigenvalue weighted by molar-refractivity contribution is -0.389. The number of carbonyl (C=O) groups excluding carboxylic acids is 1. The molecule has 7 nitrogen and oxygen atoms in total. The van der Waals surface area contributed by atoms with Crippen molar-refractivity contribution in [3.8, 4) is 0 Å². The number of carbonyl (C=O) groups is 1. The largest absolute Gasteiger partial charge is 0.382 e. The Morgan fingerprint density at radius 2 is 2.33 bits per heavy atom. The molecule has 0 saturated heterocycles. The zero-order chi connectivity index (χ0) is 13.5. The lowest BCUT2D eigenvalue weighted by Gasteiger charge is -2.08. The Morgan fingerprint density at radius 1 is 1.61 bits per heavy atom. The second kappa shape index (κ2) is 6.48. The average Bonchev–Trinajstić information content (AvgIpc) is 2.36. The third kappa shape index (κ3) is 3.37. The van der Waals surface area contributed by atoms with Crippen molar-refractivity contribution in [2.45, 2.75) is 6.92 Å². The number of amides is 1. The van der Waals surface area contributed by atoms with Crippen LogP contribution in [0.25, 0.3) is 0 Å². The molecule has 8 heteroatoms. The number of nitrogens with one attached hydrogen (secondary N) is 2. The van der Waals surface area contributed by atoms with Crippen molar-refractivity contribution in [2.75, 3.05) is 25.1 Å². The normalized spacial score (nSPS) is 9.89. The molecule has 0 saturated carbocycles. The van der Waals surface area contributed by atoms with E-state index >= 15 is 0 Å². The highest BCUT2D eigenvalue weighted by Gasteiger charge is 2.18. The molecule has 1 rings (SSSR count). The van der Waals surface area contributed by atoms with Gasteiger partial charge < -0.3 is 20.7 Å². The first kappa shape index (κ1) is 13.8. The van der Waals surface area contributed by atoms with Crippen LogP contribution in [0.15, 0.2) is 12.3 Å². The molecular formula is C10H13FN4O3. The third-order valence-corrected chi connectivity index (χ3v) is 2.07. The summed E-state index contributed by atoms with van der Waals surface area (Å²) in [6, 6.07) is 1.06. The van der Waals surface area contributed by atoms with Crippen molar-refractivity contribution in [2.24, 2.45) is 0 Å². The van der Waals surface area contributed by atoms with Crippen LogP contribution in [0.4, 0.5) is 15.9 Å². The van der Waals surface area contributed by atoms with E-state index < -0.39 is 23.3 Å². The minimum Gasteiger partial charge on any atom is -0.382 e. The third-order valence-electron chi connectivity index (χ3n) is 2.07. The van der Waals surface area contributed by atoms with Crippen LogP contribution in [0.3, 0.4) is 0 Å². The van der Waals surface area contributed by atoms with E-state index in [1.54, 1.807) is 0 Å². The SMILES string of the molecule is CCNc1cnc([N+](=O)[O-])cc1C(=O)NCCF. The van der Waals surface area contributed by atoms with E-state index in [9.17, 15) is 19.3 Å². The molecule has 1 aromatic rings. The Hall–Kier alpha value is -2.25. The molecule has 0 aliphatic rings. The van der Waals surface area contributed by atoms with Crippen LogP contribution < -0.4 is 10.6 Å². The molecule has 1 amide bonds. The van der Waals surface area contributed by atoms with Crippen LogP contribution in [0.5, 0.6) is 0 Å². The first-order valence-electron chi connectivity index (χ1n) is 5.32. The van der Waals surface area contributed by atoms with Gasteiger partial charge >= 0.3 is 5.82 Å². The number of hydrogen-bond acceptors (Lipinski definition) is 5. The number of pyridine rings is 1. The molecule has 0 aliphatic heterocycles. The molecule has 98 valence electrons. The summed E-state index contributed by atoms with van der Waals surface area (Å²) in [4.78, 5) is 25.2. The molecule has 0 fully saturated rings. The van der Waals surface area contributed by atoms with Gasteiger partial charge in [-0.2, -0.15) is 0 Å². The van der Waals surface area contributed by atoms with Crippen LogP contribution in [0, 0.1) is 10.1 Å². The topological polar surface area (TPSA) is 97.2 Å². The van der Waals surface area contributed by atoms with E-state index in [0.29, 0.717) is 12.2 Å². The molecule has 0 unspecified atom stereocenters. The summed E-state index contributed by atoms with van der Waals surface area (Å²) in [5.41, 5.74) is 0.450. The Kier molecular flexibility index (Phi) is 4.97. The van der Waals surface area contributed by atoms with Crippen molar-refractivity contribution >= 4 is 17.4 Å². The summed E-state index contributed by atoms with van der Waals surface area (Å²) >= 11 is 0. The first-order chi connectivity index (χ1) is 8.60. The number of alkyl halides is 1. The van der Waals surface area contributed by atoms with Crippen LogP contribution >= 0.6 is 0 Å². The van der Waals surface area contributed by atoms with E-state index in [4.69, 9.17) is 0 Å². The number of halogens is 1. The van der Waals surface area contributed by atoms with Gasteiger partial charge in [-0.05, 0) is 16.8 Å². The molecule has 1 heterocycles. The lowest BCUT2D eigenvalue weighted by Crippen LogP contribution is -2.26. The van der Waals surface area contributed by atoms with Crippen LogP contribution in [0.2, 0.25) is 0 Å². The molecule has 0 bridgehead atoms. The van der Waals surface area contributed by atoms with E-state index in [1.165, 1.54) is 6.20 Å². The standard InChI is InChI=1S/C10H13FN4O3/c1-2-12-8-6-14-9(15(17)18)5-7(8)10(16)13-4-3-11/h5-6,12H,2-4H2,1H3,(H,13,16). The maximum atomic E-state index is 12.0. The molecular weight excluding hydrogens is 243 g/mol. The van der Waals surface area contributed by atoms with Crippen molar-refractivity contribution in [1.82, 2.24) is 10.3 Å². The highest BCUT2D eigenvalue weighted by Crippen LogP contribution is 2.19. The quantitative estimate of drug-likeness (QED) is 0.587. The summed E-state index contributed by atoms with van der Waals surface area (Å²) in [7, 11) is 0. The number of hydrogen-bond donors (Lipinski definition) is 2. The second-order valence-electron chi connectivity index (χ2n) is 3.32. The number of nitrogens with zero attached hydrogens (tertiary/aromatic N) is 2. The maximum absolute atomic E-state index is 12.0. The summed E-state index contributed by atoms with van der Waals surface area (Å²) < 4.78 is 12.0. The highest BCUT2D eigenvalue weighted by atomic mass is 19.1. The fourth-order valence-electron chi connectivity index (χ4n) is 1.32. The second-order valence-corrected chi connectivity index (χ2v) is 3.32. The van der Waals surface area contributed by atoms with Gasteiger partial charge in [-0.1, -0.05) is 0 Å². The minimum atomic E-state index is -0.699. The fourth-order valence-corrected chi connectivity index (χ4v) is 1.32. The van der Waals surface area contributed by atoms with Crippen LogP contribution in [-0.2, 0) is 0 Å². The molecule has 0 aromatic carbocycles. The van der Waals surface area contributed by atoms with Crippen LogP contribution in [0.1, 0.15) is 17.3 Å². The number of anilines is 1. The summed E-state index contributed by atoms with van der Waals surface area (Å²) in [5, 5.41) is 15.8. The van der Waals surface area contributed by atoms with Gasteiger partial charge in [0, 0.05) is 13.1 Å². The van der Waals surface area contributed by atoms with Crippen LogP contribution in [-0.4, -0.2) is 35.6 Å². The first-order valence-corrected chi connectivity index (χ1v) is 5.32. The monoisotopic (exact) mass is 256 g/mol. The zero-order valence-electron chi connectivity index (χ0n) is 9.77.